The van der Waals surface area contributed by atoms with E-state index in [0.29, 0.717) is 0 Å². The quantitative estimate of drug-likeness (QED) is 0.713. The van der Waals surface area contributed by atoms with E-state index in [1.54, 1.807) is 6.33 Å². The van der Waals surface area contributed by atoms with E-state index in [1.807, 2.05) is 0 Å². The first-order valence-corrected chi connectivity index (χ1v) is 5.89. The Morgan fingerprint density at radius 1 is 1.39 bits per heavy atom. The van der Waals surface area contributed by atoms with Gasteiger partial charge < -0.3 is 15.1 Å². The molecule has 1 aliphatic rings. The summed E-state index contributed by atoms with van der Waals surface area (Å²) in [4.78, 5) is 24.7. The van der Waals surface area contributed by atoms with Crippen LogP contribution in [0, 0.1) is 0 Å². The van der Waals surface area contributed by atoms with E-state index in [1.165, 1.54) is 17.1 Å². The Morgan fingerprint density at radius 2 is 2.06 bits per heavy atom. The van der Waals surface area contributed by atoms with Gasteiger partial charge in [-0.1, -0.05) is 6.08 Å². The molecule has 2 heterocycles. The molecule has 0 bridgehead atoms. The Bertz CT molecular complexity index is 432. The summed E-state index contributed by atoms with van der Waals surface area (Å²) in [7, 11) is 2.13. The summed E-state index contributed by atoms with van der Waals surface area (Å²) in [5.74, 6) is -3.65. The van der Waals surface area contributed by atoms with Crippen molar-refractivity contribution >= 4 is 29.0 Å². The van der Waals surface area contributed by atoms with Gasteiger partial charge in [0.1, 0.15) is 11.3 Å². The molecule has 98 valence electrons. The average Bonchev–Trinajstić information content (AvgIpc) is 2.83. The van der Waals surface area contributed by atoms with E-state index in [4.69, 9.17) is 19.8 Å². The maximum Gasteiger partial charge on any atom is 0.414 e. The summed E-state index contributed by atoms with van der Waals surface area (Å²) in [6, 6.07) is 0. The molecule has 0 spiro atoms. The lowest BCUT2D eigenvalue weighted by molar-refractivity contribution is -0.159. The molecular weight excluding hydrogens is 258 g/mol. The van der Waals surface area contributed by atoms with Crippen molar-refractivity contribution < 1.29 is 19.8 Å². The maximum absolute atomic E-state index is 9.10. The summed E-state index contributed by atoms with van der Waals surface area (Å²) < 4.78 is 3.99. The van der Waals surface area contributed by atoms with Crippen LogP contribution in [0.5, 0.6) is 0 Å². The van der Waals surface area contributed by atoms with Crippen LogP contribution in [0.15, 0.2) is 12.4 Å². The molecule has 0 unspecified atom stereocenters. The van der Waals surface area contributed by atoms with Crippen molar-refractivity contribution in [2.45, 2.75) is 6.42 Å². The van der Waals surface area contributed by atoms with Crippen LogP contribution < -0.4 is 0 Å². The van der Waals surface area contributed by atoms with Crippen LogP contribution in [-0.2, 0) is 9.59 Å². The van der Waals surface area contributed by atoms with Crippen molar-refractivity contribution in [2.24, 2.45) is 0 Å². The van der Waals surface area contributed by atoms with Crippen LogP contribution in [0.4, 0.5) is 0 Å². The van der Waals surface area contributed by atoms with Crippen molar-refractivity contribution in [3.63, 3.8) is 0 Å². The second kappa shape index (κ2) is 6.82. The normalized spacial score (nSPS) is 15.3. The van der Waals surface area contributed by atoms with Gasteiger partial charge in [0.15, 0.2) is 0 Å². The van der Waals surface area contributed by atoms with Gasteiger partial charge in [-0.2, -0.15) is 4.37 Å². The summed E-state index contributed by atoms with van der Waals surface area (Å²) in [5, 5.41) is 15.9. The molecule has 1 aromatic heterocycles. The third-order valence-electron chi connectivity index (χ3n) is 2.16. The zero-order valence-electron chi connectivity index (χ0n) is 9.74. The van der Waals surface area contributed by atoms with Gasteiger partial charge in [-0.3, -0.25) is 0 Å². The highest BCUT2D eigenvalue weighted by Crippen LogP contribution is 2.19. The topological polar surface area (TPSA) is 104 Å². The van der Waals surface area contributed by atoms with Crippen LogP contribution in [0.1, 0.15) is 11.4 Å². The van der Waals surface area contributed by atoms with E-state index in [-0.39, 0.29) is 0 Å². The number of carbonyl (C=O) groups is 2. The van der Waals surface area contributed by atoms with Gasteiger partial charge in [-0.25, -0.2) is 14.6 Å². The predicted octanol–water partition coefficient (Wildman–Crippen LogP) is 0.413. The number of hydrogen-bond donors (Lipinski definition) is 2. The molecule has 2 N–H and O–H groups in total. The Kier molecular flexibility index (Phi) is 5.40. The Labute approximate surface area is 108 Å². The summed E-state index contributed by atoms with van der Waals surface area (Å²) in [5.41, 5.74) is 1.33. The zero-order valence-corrected chi connectivity index (χ0v) is 10.6. The molecule has 1 aliphatic heterocycles. The van der Waals surface area contributed by atoms with Gasteiger partial charge in [0, 0.05) is 13.1 Å². The van der Waals surface area contributed by atoms with Crippen LogP contribution >= 0.6 is 11.5 Å². The molecule has 8 heteroatoms. The van der Waals surface area contributed by atoms with Crippen molar-refractivity contribution in [2.75, 3.05) is 20.1 Å². The largest absolute Gasteiger partial charge is 0.473 e. The van der Waals surface area contributed by atoms with E-state index in [9.17, 15) is 0 Å². The zero-order chi connectivity index (χ0) is 13.5. The third-order valence-corrected chi connectivity index (χ3v) is 2.90. The van der Waals surface area contributed by atoms with Crippen molar-refractivity contribution in [1.82, 2.24) is 14.3 Å². The van der Waals surface area contributed by atoms with E-state index >= 15 is 0 Å². The SMILES string of the molecule is CN1CCC=C(c2ncns2)C1.O=C(O)C(=O)O. The minimum Gasteiger partial charge on any atom is -0.473 e. The Morgan fingerprint density at radius 3 is 2.50 bits per heavy atom. The van der Waals surface area contributed by atoms with Gasteiger partial charge in [-0.05, 0) is 30.6 Å². The minimum atomic E-state index is -1.82. The maximum atomic E-state index is 9.10. The summed E-state index contributed by atoms with van der Waals surface area (Å²) in [6.45, 7) is 2.16. The van der Waals surface area contributed by atoms with E-state index in [2.05, 4.69) is 27.4 Å². The van der Waals surface area contributed by atoms with Gasteiger partial charge >= 0.3 is 11.9 Å². The van der Waals surface area contributed by atoms with E-state index in [0.717, 1.165) is 24.5 Å². The molecule has 0 aromatic carbocycles. The lowest BCUT2D eigenvalue weighted by Gasteiger charge is -2.21. The molecule has 0 saturated heterocycles. The van der Waals surface area contributed by atoms with Gasteiger partial charge in [0.25, 0.3) is 0 Å². The molecule has 0 amide bonds. The molecule has 18 heavy (non-hydrogen) atoms. The highest BCUT2D eigenvalue weighted by atomic mass is 32.1. The monoisotopic (exact) mass is 271 g/mol. The fourth-order valence-corrected chi connectivity index (χ4v) is 1.92. The van der Waals surface area contributed by atoms with Crippen molar-refractivity contribution in [3.05, 3.63) is 17.4 Å². The molecule has 0 atom stereocenters. The highest BCUT2D eigenvalue weighted by molar-refractivity contribution is 7.06. The first-order valence-electron chi connectivity index (χ1n) is 5.11. The number of carboxylic acid groups (broad SMARTS) is 2. The Hall–Kier alpha value is -1.80. The van der Waals surface area contributed by atoms with Crippen molar-refractivity contribution in [1.29, 1.82) is 0 Å². The van der Waals surface area contributed by atoms with Crippen LogP contribution in [-0.4, -0.2) is 56.5 Å². The molecule has 7 nitrogen and oxygen atoms in total. The first-order chi connectivity index (χ1) is 8.50. The summed E-state index contributed by atoms with van der Waals surface area (Å²) >= 11 is 1.48. The van der Waals surface area contributed by atoms with Gasteiger partial charge in [0.05, 0.1) is 0 Å². The Balaban J connectivity index is 0.000000232. The number of rotatable bonds is 1. The fraction of sp³-hybridized carbons (Fsp3) is 0.400. The summed E-state index contributed by atoms with van der Waals surface area (Å²) in [6.07, 6.45) is 5.02. The number of aliphatic carboxylic acids is 2. The van der Waals surface area contributed by atoms with E-state index < -0.39 is 11.9 Å². The molecule has 0 saturated carbocycles. The van der Waals surface area contributed by atoms with Crippen LogP contribution in [0.25, 0.3) is 5.57 Å². The number of nitrogens with zero attached hydrogens (tertiary/aromatic N) is 3. The minimum absolute atomic E-state index is 1.01. The molecule has 2 rings (SSSR count). The fourth-order valence-electron chi connectivity index (χ4n) is 1.36. The number of aromatic nitrogens is 2. The number of hydrogen-bond acceptors (Lipinski definition) is 6. The van der Waals surface area contributed by atoms with Gasteiger partial charge in [-0.15, -0.1) is 0 Å². The second-order valence-corrected chi connectivity index (χ2v) is 4.39. The molecule has 0 radical (unpaired) electrons. The standard InChI is InChI=1S/C8H11N3S.C2H2O4/c1-11-4-2-3-7(5-11)8-9-6-10-12-8;3-1(4)2(5)6/h3,6H,2,4-5H2,1H3;(H,3,4)(H,5,6). The van der Waals surface area contributed by atoms with Gasteiger partial charge in [0.2, 0.25) is 0 Å². The smallest absolute Gasteiger partial charge is 0.414 e. The van der Waals surface area contributed by atoms with Crippen molar-refractivity contribution in [3.8, 4) is 0 Å². The number of likely N-dealkylation sites (N-methyl/N-ethyl adjacent to an activating group) is 1. The van der Waals surface area contributed by atoms with Crippen LogP contribution in [0.2, 0.25) is 0 Å². The van der Waals surface area contributed by atoms with Crippen LogP contribution in [0.3, 0.4) is 0 Å². The molecule has 1 aromatic rings. The highest BCUT2D eigenvalue weighted by Gasteiger charge is 2.11. The lowest BCUT2D eigenvalue weighted by atomic mass is 10.1. The molecule has 0 fully saturated rings. The first kappa shape index (κ1) is 14.3. The lowest BCUT2D eigenvalue weighted by Crippen LogP contribution is -2.24. The second-order valence-electron chi connectivity index (χ2n) is 3.61. The predicted molar refractivity (Wildman–Crippen MR) is 65.3 cm³/mol. The third kappa shape index (κ3) is 4.60. The molecular formula is C10H13N3O4S. The average molecular weight is 271 g/mol. The number of carboxylic acids is 2. The molecule has 0 aliphatic carbocycles.